The van der Waals surface area contributed by atoms with E-state index in [1.807, 2.05) is 0 Å². The summed E-state index contributed by atoms with van der Waals surface area (Å²) in [6.45, 7) is -0.745. The van der Waals surface area contributed by atoms with Crippen molar-refractivity contribution in [3.05, 3.63) is 104 Å². The first-order valence-electron chi connectivity index (χ1n) is 9.93. The molecule has 14 heteroatoms. The number of anilines is 1. The third-order valence-corrected chi connectivity index (χ3v) is 5.11. The molecule has 0 saturated carbocycles. The Hall–Kier alpha value is -4.39. The zero-order chi connectivity index (χ0) is 26.0. The predicted molar refractivity (Wildman–Crippen MR) is 117 cm³/mol. The van der Waals surface area contributed by atoms with Crippen molar-refractivity contribution in [1.82, 2.24) is 9.78 Å². The summed E-state index contributed by atoms with van der Waals surface area (Å²) in [5.74, 6) is -6.98. The molecule has 0 saturated heterocycles. The van der Waals surface area contributed by atoms with Gasteiger partial charge in [0.15, 0.2) is 23.2 Å². The first kappa shape index (κ1) is 24.7. The highest BCUT2D eigenvalue weighted by Gasteiger charge is 2.20. The normalized spacial score (nSPS) is 10.9. The van der Waals surface area contributed by atoms with Gasteiger partial charge in [0.05, 0.1) is 34.4 Å². The number of nitrogens with zero attached hydrogens (tertiary/aromatic N) is 3. The minimum atomic E-state index is -1.81. The zero-order valence-electron chi connectivity index (χ0n) is 17.8. The van der Waals surface area contributed by atoms with Crippen molar-refractivity contribution in [3.63, 3.8) is 0 Å². The van der Waals surface area contributed by atoms with Crippen molar-refractivity contribution < 1.29 is 36.4 Å². The van der Waals surface area contributed by atoms with Gasteiger partial charge in [-0.3, -0.25) is 19.6 Å². The summed E-state index contributed by atoms with van der Waals surface area (Å²) in [6, 6.07) is 6.70. The lowest BCUT2D eigenvalue weighted by Gasteiger charge is -2.07. The highest BCUT2D eigenvalue weighted by atomic mass is 35.5. The molecule has 0 aliphatic rings. The molecule has 0 aliphatic carbocycles. The summed E-state index contributed by atoms with van der Waals surface area (Å²) >= 11 is 5.97. The van der Waals surface area contributed by atoms with Crippen LogP contribution >= 0.6 is 11.6 Å². The van der Waals surface area contributed by atoms with E-state index in [1.54, 1.807) is 0 Å². The second kappa shape index (κ2) is 10.1. The zero-order valence-corrected chi connectivity index (χ0v) is 18.6. The molecule has 4 aromatic rings. The molecule has 9 nitrogen and oxygen atoms in total. The van der Waals surface area contributed by atoms with E-state index in [4.69, 9.17) is 20.8 Å². The van der Waals surface area contributed by atoms with E-state index in [1.165, 1.54) is 36.7 Å². The molecule has 186 valence electrons. The van der Waals surface area contributed by atoms with Crippen molar-refractivity contribution >= 4 is 28.9 Å². The van der Waals surface area contributed by atoms with Gasteiger partial charge in [0.1, 0.15) is 23.9 Å². The van der Waals surface area contributed by atoms with Crippen molar-refractivity contribution in [2.45, 2.75) is 13.2 Å². The van der Waals surface area contributed by atoms with Crippen LogP contribution in [0.5, 0.6) is 5.75 Å². The van der Waals surface area contributed by atoms with Crippen LogP contribution < -0.4 is 10.1 Å². The first-order chi connectivity index (χ1) is 17.1. The molecule has 4 rings (SSSR count). The van der Waals surface area contributed by atoms with Gasteiger partial charge in [-0.2, -0.15) is 5.10 Å². The summed E-state index contributed by atoms with van der Waals surface area (Å²) in [7, 11) is 0. The van der Waals surface area contributed by atoms with Crippen LogP contribution in [0.2, 0.25) is 5.02 Å². The number of nitro groups is 1. The van der Waals surface area contributed by atoms with Gasteiger partial charge >= 0.3 is 0 Å². The third-order valence-electron chi connectivity index (χ3n) is 4.80. The van der Waals surface area contributed by atoms with Crippen LogP contribution in [0.15, 0.2) is 53.2 Å². The third kappa shape index (κ3) is 5.30. The fourth-order valence-electron chi connectivity index (χ4n) is 3.06. The fraction of sp³-hybridized carbons (Fsp3) is 0.0909. The van der Waals surface area contributed by atoms with Crippen molar-refractivity contribution in [1.29, 1.82) is 0 Å². The molecule has 1 N–H and O–H groups in total. The molecule has 0 bridgehead atoms. The van der Waals surface area contributed by atoms with Crippen molar-refractivity contribution in [2.75, 3.05) is 5.32 Å². The van der Waals surface area contributed by atoms with E-state index in [0.29, 0.717) is 0 Å². The Labute approximate surface area is 204 Å². The van der Waals surface area contributed by atoms with Crippen LogP contribution in [-0.4, -0.2) is 20.6 Å². The van der Waals surface area contributed by atoms with Gasteiger partial charge in [-0.25, -0.2) is 17.6 Å². The van der Waals surface area contributed by atoms with E-state index >= 15 is 0 Å². The van der Waals surface area contributed by atoms with Gasteiger partial charge in [-0.1, -0.05) is 11.6 Å². The second-order valence-electron chi connectivity index (χ2n) is 7.25. The lowest BCUT2D eigenvalue weighted by atomic mass is 10.2. The Morgan fingerprint density at radius 2 is 1.92 bits per heavy atom. The number of hydrogen-bond donors (Lipinski definition) is 1. The van der Waals surface area contributed by atoms with E-state index in [2.05, 4.69) is 10.4 Å². The van der Waals surface area contributed by atoms with Crippen LogP contribution in [0.1, 0.15) is 21.9 Å². The lowest BCUT2D eigenvalue weighted by molar-refractivity contribution is -0.384. The van der Waals surface area contributed by atoms with Crippen LogP contribution in [-0.2, 0) is 13.2 Å². The number of furan rings is 1. The SMILES string of the molecule is O=C(Nc1cnn(Cc2c(F)cc(F)c(F)c2F)c1)c1ccc(COc2cc([N+](=O)[O-])ccc2Cl)o1. The van der Waals surface area contributed by atoms with Crippen molar-refractivity contribution in [3.8, 4) is 5.75 Å². The van der Waals surface area contributed by atoms with E-state index in [9.17, 15) is 32.5 Å². The number of benzene rings is 2. The number of nitro benzene ring substituents is 1. The number of halogens is 5. The first-order valence-corrected chi connectivity index (χ1v) is 10.3. The molecular formula is C22H13ClF4N4O5. The number of amides is 1. The monoisotopic (exact) mass is 524 g/mol. The summed E-state index contributed by atoms with van der Waals surface area (Å²) in [5, 5.41) is 17.3. The summed E-state index contributed by atoms with van der Waals surface area (Å²) in [5.41, 5.74) is -0.833. The summed E-state index contributed by atoms with van der Waals surface area (Å²) in [6.07, 6.45) is 2.39. The minimum Gasteiger partial charge on any atom is -0.484 e. The number of carbonyl (C=O) groups is 1. The number of non-ortho nitro benzene ring substituents is 1. The Morgan fingerprint density at radius 3 is 2.67 bits per heavy atom. The van der Waals surface area contributed by atoms with Gasteiger partial charge in [0.25, 0.3) is 11.6 Å². The molecule has 0 unspecified atom stereocenters. The van der Waals surface area contributed by atoms with Gasteiger partial charge < -0.3 is 14.5 Å². The average Bonchev–Trinajstić information content (AvgIpc) is 3.49. The Bertz CT molecular complexity index is 1470. The molecule has 0 radical (unpaired) electrons. The summed E-state index contributed by atoms with van der Waals surface area (Å²) in [4.78, 5) is 22.7. The molecule has 2 heterocycles. The molecule has 1 amide bonds. The number of carbonyl (C=O) groups excluding carboxylic acids is 1. The van der Waals surface area contributed by atoms with Crippen LogP contribution in [0.25, 0.3) is 0 Å². The number of aromatic nitrogens is 2. The standard InChI is InChI=1S/C22H13ClF4N4O5/c23-15-3-1-12(31(33)34)5-19(15)35-10-13-2-4-18(36-13)22(32)29-11-7-28-30(8-11)9-14-16(24)6-17(25)21(27)20(14)26/h1-8H,9-10H2,(H,29,32). The average molecular weight is 525 g/mol. The molecule has 2 aromatic carbocycles. The minimum absolute atomic E-state index is 0.0505. The molecule has 0 aliphatic heterocycles. The summed E-state index contributed by atoms with van der Waals surface area (Å²) < 4.78 is 66.1. The van der Waals surface area contributed by atoms with Crippen LogP contribution in [0.3, 0.4) is 0 Å². The highest BCUT2D eigenvalue weighted by Crippen LogP contribution is 2.29. The van der Waals surface area contributed by atoms with Crippen LogP contribution in [0.4, 0.5) is 28.9 Å². The smallest absolute Gasteiger partial charge is 0.291 e. The quantitative estimate of drug-likeness (QED) is 0.107. The van der Waals surface area contributed by atoms with Gasteiger partial charge in [-0.15, -0.1) is 0 Å². The maximum absolute atomic E-state index is 13.9. The van der Waals surface area contributed by atoms with Gasteiger partial charge in [-0.05, 0) is 18.2 Å². The lowest BCUT2D eigenvalue weighted by Crippen LogP contribution is -2.11. The topological polar surface area (TPSA) is 112 Å². The molecule has 0 fully saturated rings. The Morgan fingerprint density at radius 1 is 1.14 bits per heavy atom. The molecule has 36 heavy (non-hydrogen) atoms. The second-order valence-corrected chi connectivity index (χ2v) is 7.66. The van der Waals surface area contributed by atoms with Crippen molar-refractivity contribution in [2.24, 2.45) is 0 Å². The van der Waals surface area contributed by atoms with E-state index in [0.717, 1.165) is 10.7 Å². The largest absolute Gasteiger partial charge is 0.484 e. The van der Waals surface area contributed by atoms with E-state index in [-0.39, 0.29) is 46.3 Å². The van der Waals surface area contributed by atoms with Gasteiger partial charge in [0, 0.05) is 23.9 Å². The highest BCUT2D eigenvalue weighted by molar-refractivity contribution is 6.32. The molecule has 0 spiro atoms. The Balaban J connectivity index is 1.39. The number of rotatable bonds is 8. The van der Waals surface area contributed by atoms with Gasteiger partial charge in [0.2, 0.25) is 0 Å². The maximum Gasteiger partial charge on any atom is 0.291 e. The molecule has 0 atom stereocenters. The molecular weight excluding hydrogens is 512 g/mol. The number of ether oxygens (including phenoxy) is 1. The number of nitrogens with one attached hydrogen (secondary N) is 1. The van der Waals surface area contributed by atoms with E-state index < -0.39 is 46.2 Å². The fourth-order valence-corrected chi connectivity index (χ4v) is 3.23. The predicted octanol–water partition coefficient (Wildman–Crippen LogP) is 5.47. The Kier molecular flexibility index (Phi) is 6.92. The molecule has 2 aromatic heterocycles. The maximum atomic E-state index is 13.9. The van der Waals surface area contributed by atoms with Crippen LogP contribution in [0, 0.1) is 33.4 Å². The number of hydrogen-bond acceptors (Lipinski definition) is 6.